The molecular weight excluding hydrogens is 497 g/mol. The Morgan fingerprint density at radius 2 is 1.00 bits per heavy atom. The maximum absolute atomic E-state index is 2.45. The van der Waals surface area contributed by atoms with Crippen LogP contribution in [0.3, 0.4) is 0 Å². The van der Waals surface area contributed by atoms with Crippen molar-refractivity contribution < 1.29 is 0 Å². The Hall–Kier alpha value is -4.24. The van der Waals surface area contributed by atoms with Gasteiger partial charge in [0, 0.05) is 45.7 Å². The van der Waals surface area contributed by atoms with Gasteiger partial charge in [0.05, 0.1) is 0 Å². The molecule has 2 heteroatoms. The van der Waals surface area contributed by atoms with Gasteiger partial charge in [0.2, 0.25) is 0 Å². The summed E-state index contributed by atoms with van der Waals surface area (Å²) in [6.45, 7) is 0. The van der Waals surface area contributed by atoms with E-state index in [1.165, 1.54) is 83.8 Å². The van der Waals surface area contributed by atoms with Crippen LogP contribution < -0.4 is 0 Å². The first-order valence-corrected chi connectivity index (χ1v) is 14.6. The number of benzene rings is 7. The van der Waals surface area contributed by atoms with Crippen LogP contribution in [0.2, 0.25) is 0 Å². The van der Waals surface area contributed by atoms with Gasteiger partial charge < -0.3 is 0 Å². The van der Waals surface area contributed by atoms with Crippen molar-refractivity contribution in [2.24, 2.45) is 0 Å². The molecule has 0 unspecified atom stereocenters. The lowest BCUT2D eigenvalue weighted by molar-refractivity contribution is 1.72. The van der Waals surface area contributed by atoms with Crippen molar-refractivity contribution in [2.45, 2.75) is 0 Å². The van der Waals surface area contributed by atoms with E-state index in [-0.39, 0.29) is 0 Å². The molecule has 0 saturated carbocycles. The summed E-state index contributed by atoms with van der Waals surface area (Å²) in [4.78, 5) is 0. The molecule has 2 heterocycles. The molecule has 0 atom stereocenters. The van der Waals surface area contributed by atoms with Gasteiger partial charge >= 0.3 is 0 Å². The number of fused-ring (bicyclic) bond motifs is 10. The predicted octanol–water partition coefficient (Wildman–Crippen LogP) is 11.5. The zero-order chi connectivity index (χ0) is 24.8. The van der Waals surface area contributed by atoms with Gasteiger partial charge in [0.1, 0.15) is 0 Å². The van der Waals surface area contributed by atoms with Gasteiger partial charge in [-0.05, 0) is 74.5 Å². The Morgan fingerprint density at radius 1 is 0.342 bits per heavy atom. The quantitative estimate of drug-likeness (QED) is 0.190. The summed E-state index contributed by atoms with van der Waals surface area (Å²) in [6.07, 6.45) is 0. The molecular formula is C36H20S2. The molecule has 0 amide bonds. The molecule has 0 saturated heterocycles. The smallest absolute Gasteiger partial charge is 0.0434 e. The minimum atomic E-state index is 1.28. The van der Waals surface area contributed by atoms with E-state index in [9.17, 15) is 0 Å². The molecule has 0 radical (unpaired) electrons. The highest BCUT2D eigenvalue weighted by Gasteiger charge is 2.15. The van der Waals surface area contributed by atoms with Crippen LogP contribution in [0.1, 0.15) is 0 Å². The molecule has 0 aliphatic carbocycles. The third-order valence-electron chi connectivity index (χ3n) is 8.01. The molecule has 0 N–H and O–H groups in total. The van der Waals surface area contributed by atoms with E-state index in [1.54, 1.807) is 0 Å². The van der Waals surface area contributed by atoms with Gasteiger partial charge in [0.15, 0.2) is 0 Å². The minimum absolute atomic E-state index is 1.28. The molecule has 0 aliphatic rings. The van der Waals surface area contributed by atoms with Crippen LogP contribution in [0.5, 0.6) is 0 Å². The van der Waals surface area contributed by atoms with Crippen molar-refractivity contribution in [3.63, 3.8) is 0 Å². The summed E-state index contributed by atoms with van der Waals surface area (Å²) in [5, 5.41) is 13.3. The van der Waals surface area contributed by atoms with Crippen molar-refractivity contribution >= 4 is 95.3 Å². The Kier molecular flexibility index (Phi) is 4.18. The molecule has 2 aromatic heterocycles. The highest BCUT2D eigenvalue weighted by atomic mass is 32.1. The summed E-state index contributed by atoms with van der Waals surface area (Å²) in [6, 6.07) is 45.2. The van der Waals surface area contributed by atoms with Crippen molar-refractivity contribution in [3.05, 3.63) is 121 Å². The molecule has 9 rings (SSSR count). The van der Waals surface area contributed by atoms with Gasteiger partial charge in [-0.2, -0.15) is 0 Å². The van der Waals surface area contributed by atoms with Crippen LogP contribution in [-0.2, 0) is 0 Å². The van der Waals surface area contributed by atoms with Crippen molar-refractivity contribution in [1.29, 1.82) is 0 Å². The van der Waals surface area contributed by atoms with E-state index in [0.717, 1.165) is 0 Å². The first-order valence-electron chi connectivity index (χ1n) is 12.9. The first kappa shape index (κ1) is 20.8. The van der Waals surface area contributed by atoms with Gasteiger partial charge in [-0.15, -0.1) is 22.7 Å². The second-order valence-corrected chi connectivity index (χ2v) is 12.3. The van der Waals surface area contributed by atoms with Gasteiger partial charge in [-0.1, -0.05) is 84.9 Å². The van der Waals surface area contributed by atoms with E-state index in [1.807, 2.05) is 22.7 Å². The first-order chi connectivity index (χ1) is 18.8. The molecule has 0 bridgehead atoms. The van der Waals surface area contributed by atoms with Crippen molar-refractivity contribution in [1.82, 2.24) is 0 Å². The van der Waals surface area contributed by atoms with Crippen LogP contribution in [0, 0.1) is 0 Å². The summed E-state index contributed by atoms with van der Waals surface area (Å²) in [5.41, 5.74) is 2.61. The lowest BCUT2D eigenvalue weighted by Crippen LogP contribution is -1.85. The molecule has 176 valence electrons. The molecule has 0 spiro atoms. The lowest BCUT2D eigenvalue weighted by Gasteiger charge is -2.12. The van der Waals surface area contributed by atoms with E-state index in [2.05, 4.69) is 121 Å². The zero-order valence-electron chi connectivity index (χ0n) is 20.4. The average Bonchev–Trinajstić information content (AvgIpc) is 3.52. The lowest BCUT2D eigenvalue weighted by atomic mass is 9.91. The Bertz CT molecular complexity index is 2350. The van der Waals surface area contributed by atoms with Gasteiger partial charge in [-0.25, -0.2) is 0 Å². The Balaban J connectivity index is 1.37. The predicted molar refractivity (Wildman–Crippen MR) is 170 cm³/mol. The molecule has 9 aromatic rings. The zero-order valence-corrected chi connectivity index (χ0v) is 22.0. The molecule has 0 nitrogen and oxygen atoms in total. The summed E-state index contributed by atoms with van der Waals surface area (Å²) in [7, 11) is 0. The normalized spacial score (nSPS) is 12.2. The second-order valence-electron chi connectivity index (χ2n) is 10.1. The van der Waals surface area contributed by atoms with E-state index >= 15 is 0 Å². The van der Waals surface area contributed by atoms with Gasteiger partial charge in [-0.3, -0.25) is 0 Å². The number of rotatable bonds is 1. The summed E-state index contributed by atoms with van der Waals surface area (Å²) < 4.78 is 5.45. The highest BCUT2D eigenvalue weighted by molar-refractivity contribution is 7.27. The fraction of sp³-hybridized carbons (Fsp3) is 0. The van der Waals surface area contributed by atoms with E-state index < -0.39 is 0 Å². The monoisotopic (exact) mass is 516 g/mol. The fourth-order valence-electron chi connectivity index (χ4n) is 6.26. The molecule has 0 fully saturated rings. The van der Waals surface area contributed by atoms with Gasteiger partial charge in [0.25, 0.3) is 0 Å². The van der Waals surface area contributed by atoms with Crippen LogP contribution in [-0.4, -0.2) is 0 Å². The standard InChI is InChI=1S/C36H20S2/c1-3-9-25-21(7-1)17-22-8-2-4-10-26(22)35(25)24-14-16-33-30(18-24)31-20-29-23(19-34(31)37-33)13-15-28-27-11-5-6-12-32(27)38-36(28)29/h1-20H. The number of hydrogen-bond acceptors (Lipinski definition) is 2. The third kappa shape index (κ3) is 2.85. The van der Waals surface area contributed by atoms with Crippen LogP contribution in [0.4, 0.5) is 0 Å². The van der Waals surface area contributed by atoms with Crippen LogP contribution in [0.25, 0.3) is 83.8 Å². The third-order valence-corrected chi connectivity index (χ3v) is 10.4. The summed E-state index contributed by atoms with van der Waals surface area (Å²) >= 11 is 3.82. The maximum Gasteiger partial charge on any atom is 0.0434 e. The van der Waals surface area contributed by atoms with E-state index in [0.29, 0.717) is 0 Å². The molecule has 38 heavy (non-hydrogen) atoms. The number of hydrogen-bond donors (Lipinski definition) is 0. The SMILES string of the molecule is c1ccc2c(-c3ccc4sc5cc6ccc7c8ccccc8sc7c6cc5c4c3)c3ccccc3cc2c1. The fourth-order valence-corrected chi connectivity index (χ4v) is 8.60. The van der Waals surface area contributed by atoms with Crippen molar-refractivity contribution in [3.8, 4) is 11.1 Å². The minimum Gasteiger partial charge on any atom is -0.135 e. The largest absolute Gasteiger partial charge is 0.135 e. The second kappa shape index (κ2) is 7.64. The molecule has 7 aromatic carbocycles. The number of thiophene rings is 2. The van der Waals surface area contributed by atoms with Crippen LogP contribution in [0.15, 0.2) is 121 Å². The average molecular weight is 517 g/mol. The Labute approximate surface area is 227 Å². The maximum atomic E-state index is 2.45. The highest BCUT2D eigenvalue weighted by Crippen LogP contribution is 2.44. The van der Waals surface area contributed by atoms with Crippen LogP contribution >= 0.6 is 22.7 Å². The topological polar surface area (TPSA) is 0 Å². The summed E-state index contributed by atoms with van der Waals surface area (Å²) in [5.74, 6) is 0. The van der Waals surface area contributed by atoms with E-state index in [4.69, 9.17) is 0 Å². The Morgan fingerprint density at radius 3 is 1.82 bits per heavy atom. The molecule has 0 aliphatic heterocycles. The van der Waals surface area contributed by atoms with Crippen molar-refractivity contribution in [2.75, 3.05) is 0 Å².